The molecule has 0 saturated heterocycles. The molecular weight excluding hydrogens is 290 g/mol. The second-order valence-electron chi connectivity index (χ2n) is 7.07. The minimum Gasteiger partial charge on any atom is -0.444 e. The van der Waals surface area contributed by atoms with Gasteiger partial charge in [0.05, 0.1) is 17.4 Å². The normalized spacial score (nSPS) is 20.7. The highest BCUT2D eigenvalue weighted by Crippen LogP contribution is 2.25. The minimum absolute atomic E-state index is 0.177. The lowest BCUT2D eigenvalue weighted by Crippen LogP contribution is -2.50. The first-order chi connectivity index (χ1) is 10.9. The lowest BCUT2D eigenvalue weighted by Gasteiger charge is -2.37. The fourth-order valence-corrected chi connectivity index (χ4v) is 2.71. The average molecular weight is 313 g/mol. The summed E-state index contributed by atoms with van der Waals surface area (Å²) in [6, 6.07) is 10.7. The number of aromatic nitrogens is 1. The zero-order valence-corrected chi connectivity index (χ0v) is 13.8. The zero-order valence-electron chi connectivity index (χ0n) is 13.8. The number of rotatable bonds is 3. The van der Waals surface area contributed by atoms with Gasteiger partial charge < -0.3 is 15.4 Å². The third-order valence-electron chi connectivity index (χ3n) is 3.82. The lowest BCUT2D eigenvalue weighted by atomic mass is 9.86. The summed E-state index contributed by atoms with van der Waals surface area (Å²) in [6.45, 7) is 5.60. The highest BCUT2D eigenvalue weighted by molar-refractivity contribution is 5.81. The molecule has 1 aliphatic rings. The number of pyridine rings is 1. The number of nitrogens with zero attached hydrogens (tertiary/aromatic N) is 1. The highest BCUT2D eigenvalue weighted by atomic mass is 16.6. The van der Waals surface area contributed by atoms with E-state index in [1.807, 2.05) is 45.2 Å². The molecule has 2 N–H and O–H groups in total. The van der Waals surface area contributed by atoms with Crippen molar-refractivity contribution in [3.8, 4) is 0 Å². The van der Waals surface area contributed by atoms with Crippen molar-refractivity contribution in [1.29, 1.82) is 0 Å². The van der Waals surface area contributed by atoms with Crippen molar-refractivity contribution in [1.82, 2.24) is 10.3 Å². The molecule has 0 atom stereocenters. The molecule has 5 nitrogen and oxygen atoms in total. The Balaban J connectivity index is 1.49. The molecule has 3 rings (SSSR count). The number of para-hydroxylation sites is 1. The summed E-state index contributed by atoms with van der Waals surface area (Å²) in [5.41, 5.74) is 1.56. The van der Waals surface area contributed by atoms with Crippen molar-refractivity contribution in [3.05, 3.63) is 36.5 Å². The molecule has 1 aliphatic carbocycles. The van der Waals surface area contributed by atoms with Crippen LogP contribution in [0.3, 0.4) is 0 Å². The van der Waals surface area contributed by atoms with Crippen LogP contribution in [0.25, 0.3) is 10.9 Å². The predicted octanol–water partition coefficient (Wildman–Crippen LogP) is 3.70. The van der Waals surface area contributed by atoms with Crippen LogP contribution in [0.5, 0.6) is 0 Å². The molecule has 1 fully saturated rings. The third-order valence-corrected chi connectivity index (χ3v) is 3.82. The Bertz CT molecular complexity index is 703. The van der Waals surface area contributed by atoms with Gasteiger partial charge in [0, 0.05) is 17.5 Å². The Kier molecular flexibility index (Phi) is 4.11. The third kappa shape index (κ3) is 4.12. The molecule has 1 amide bonds. The molecule has 1 aromatic heterocycles. The van der Waals surface area contributed by atoms with Crippen LogP contribution < -0.4 is 10.6 Å². The smallest absolute Gasteiger partial charge is 0.407 e. The van der Waals surface area contributed by atoms with Gasteiger partial charge in [0.2, 0.25) is 0 Å². The summed E-state index contributed by atoms with van der Waals surface area (Å²) in [4.78, 5) is 16.2. The first-order valence-electron chi connectivity index (χ1n) is 8.00. The number of nitrogens with one attached hydrogen (secondary N) is 2. The lowest BCUT2D eigenvalue weighted by molar-refractivity contribution is 0.0475. The monoisotopic (exact) mass is 313 g/mol. The Hall–Kier alpha value is -2.30. The molecule has 1 heterocycles. The molecule has 1 aromatic carbocycles. The van der Waals surface area contributed by atoms with E-state index < -0.39 is 5.60 Å². The maximum atomic E-state index is 11.7. The number of carbonyl (C=O) groups excluding carboxylic acids is 1. The Morgan fingerprint density at radius 2 is 1.96 bits per heavy atom. The molecular formula is C18H23N3O2. The molecule has 0 radical (unpaired) electrons. The van der Waals surface area contributed by atoms with Crippen molar-refractivity contribution >= 4 is 22.7 Å². The fraction of sp³-hybridized carbons (Fsp3) is 0.444. The number of carbonyl (C=O) groups is 1. The van der Waals surface area contributed by atoms with Crippen LogP contribution in [0, 0.1) is 0 Å². The highest BCUT2D eigenvalue weighted by Gasteiger charge is 2.31. The first-order valence-corrected chi connectivity index (χ1v) is 8.00. The molecule has 0 spiro atoms. The van der Waals surface area contributed by atoms with Crippen LogP contribution >= 0.6 is 0 Å². The number of benzene rings is 1. The van der Waals surface area contributed by atoms with Gasteiger partial charge in [-0.15, -0.1) is 0 Å². The van der Waals surface area contributed by atoms with Crippen LogP contribution in [0.1, 0.15) is 33.6 Å². The van der Waals surface area contributed by atoms with Crippen LogP contribution in [0.4, 0.5) is 10.5 Å². The fourth-order valence-electron chi connectivity index (χ4n) is 2.71. The van der Waals surface area contributed by atoms with Gasteiger partial charge in [0.15, 0.2) is 0 Å². The largest absolute Gasteiger partial charge is 0.444 e. The maximum absolute atomic E-state index is 11.7. The van der Waals surface area contributed by atoms with Crippen LogP contribution in [0.15, 0.2) is 36.5 Å². The average Bonchev–Trinajstić information content (AvgIpc) is 2.43. The maximum Gasteiger partial charge on any atom is 0.407 e. The predicted molar refractivity (Wildman–Crippen MR) is 91.5 cm³/mol. The molecule has 1 saturated carbocycles. The minimum atomic E-state index is -0.456. The van der Waals surface area contributed by atoms with Gasteiger partial charge in [-0.2, -0.15) is 0 Å². The second kappa shape index (κ2) is 6.07. The standard InChI is InChI=1S/C18H23N3O2/c1-18(2,3)23-17(22)21-14-9-13(10-14)20-15-8-12-6-4-5-7-16(12)19-11-15/h4-8,11,13-14,20H,9-10H2,1-3H3,(H,21,22). The number of anilines is 1. The van der Waals surface area contributed by atoms with Crippen molar-refractivity contribution < 1.29 is 9.53 Å². The summed E-state index contributed by atoms with van der Waals surface area (Å²) < 4.78 is 5.27. The van der Waals surface area contributed by atoms with E-state index in [1.165, 1.54) is 0 Å². The topological polar surface area (TPSA) is 63.2 Å². The molecule has 2 aromatic rings. The van der Waals surface area contributed by atoms with Gasteiger partial charge in [-0.3, -0.25) is 4.98 Å². The van der Waals surface area contributed by atoms with Crippen molar-refractivity contribution in [2.45, 2.75) is 51.3 Å². The SMILES string of the molecule is CC(C)(C)OC(=O)NC1CC(Nc2cnc3ccccc3c2)C1. The van der Waals surface area contributed by atoms with Crippen molar-refractivity contribution in [2.24, 2.45) is 0 Å². The van der Waals surface area contributed by atoms with Crippen LogP contribution in [-0.2, 0) is 4.74 Å². The zero-order chi connectivity index (χ0) is 16.4. The van der Waals surface area contributed by atoms with Crippen molar-refractivity contribution in [2.75, 3.05) is 5.32 Å². The van der Waals surface area contributed by atoms with Gasteiger partial charge in [-0.1, -0.05) is 18.2 Å². The van der Waals surface area contributed by atoms with E-state index in [-0.39, 0.29) is 12.1 Å². The van der Waals surface area contributed by atoms with Crippen LogP contribution in [-0.4, -0.2) is 28.8 Å². The number of fused-ring (bicyclic) bond motifs is 1. The molecule has 122 valence electrons. The van der Waals surface area contributed by atoms with Crippen LogP contribution in [0.2, 0.25) is 0 Å². The van der Waals surface area contributed by atoms with Crippen molar-refractivity contribution in [3.63, 3.8) is 0 Å². The van der Waals surface area contributed by atoms with Gasteiger partial charge in [-0.25, -0.2) is 4.79 Å². The molecule has 23 heavy (non-hydrogen) atoms. The van der Waals surface area contributed by atoms with E-state index in [4.69, 9.17) is 4.74 Å². The first kappa shape index (κ1) is 15.6. The molecule has 0 bridgehead atoms. The Morgan fingerprint density at radius 1 is 1.22 bits per heavy atom. The summed E-state index contributed by atoms with van der Waals surface area (Å²) in [7, 11) is 0. The van der Waals surface area contributed by atoms with Gasteiger partial charge in [0.1, 0.15) is 5.60 Å². The van der Waals surface area contributed by atoms with E-state index >= 15 is 0 Å². The summed E-state index contributed by atoms with van der Waals surface area (Å²) in [6.07, 6.45) is 3.31. The van der Waals surface area contributed by atoms with E-state index in [0.29, 0.717) is 6.04 Å². The van der Waals surface area contributed by atoms with E-state index in [9.17, 15) is 4.79 Å². The number of alkyl carbamates (subject to hydrolysis) is 1. The Labute approximate surface area is 136 Å². The van der Waals surface area contributed by atoms with Gasteiger partial charge in [-0.05, 0) is 45.7 Å². The number of amides is 1. The molecule has 5 heteroatoms. The van der Waals surface area contributed by atoms with Gasteiger partial charge >= 0.3 is 6.09 Å². The second-order valence-corrected chi connectivity index (χ2v) is 7.07. The summed E-state index contributed by atoms with van der Waals surface area (Å²) in [5.74, 6) is 0. The summed E-state index contributed by atoms with van der Waals surface area (Å²) >= 11 is 0. The van der Waals surface area contributed by atoms with E-state index in [0.717, 1.165) is 29.4 Å². The Morgan fingerprint density at radius 3 is 2.70 bits per heavy atom. The van der Waals surface area contributed by atoms with E-state index in [1.54, 1.807) is 0 Å². The summed E-state index contributed by atoms with van der Waals surface area (Å²) in [5, 5.41) is 7.49. The van der Waals surface area contributed by atoms with E-state index in [2.05, 4.69) is 27.8 Å². The number of hydrogen-bond acceptors (Lipinski definition) is 4. The quantitative estimate of drug-likeness (QED) is 0.907. The van der Waals surface area contributed by atoms with Gasteiger partial charge in [0.25, 0.3) is 0 Å². The number of ether oxygens (including phenoxy) is 1. The number of hydrogen-bond donors (Lipinski definition) is 2. The molecule has 0 unspecified atom stereocenters. The molecule has 0 aliphatic heterocycles.